The van der Waals surface area contributed by atoms with Gasteiger partial charge in [0.15, 0.2) is 0 Å². The van der Waals surface area contributed by atoms with Crippen LogP contribution in [0.15, 0.2) is 30.3 Å². The van der Waals surface area contributed by atoms with Crippen molar-refractivity contribution in [2.24, 2.45) is 0 Å². The van der Waals surface area contributed by atoms with Crippen molar-refractivity contribution < 1.29 is 4.74 Å². The van der Waals surface area contributed by atoms with Crippen LogP contribution in [0.25, 0.3) is 0 Å². The Morgan fingerprint density at radius 3 is 2.48 bits per heavy atom. The molecule has 1 heterocycles. The third-order valence-electron chi connectivity index (χ3n) is 3.19. The quantitative estimate of drug-likeness (QED) is 0.688. The van der Waals surface area contributed by atoms with Gasteiger partial charge in [-0.3, -0.25) is 0 Å². The fourth-order valence-corrected chi connectivity index (χ4v) is 2.39. The van der Waals surface area contributed by atoms with E-state index in [0.717, 1.165) is 5.75 Å². The Morgan fingerprint density at radius 1 is 1.10 bits per heavy atom. The van der Waals surface area contributed by atoms with Crippen molar-refractivity contribution in [1.29, 1.82) is 0 Å². The van der Waals surface area contributed by atoms with Gasteiger partial charge in [-0.15, -0.1) is 0 Å². The lowest BCUT2D eigenvalue weighted by Gasteiger charge is -2.23. The highest BCUT2D eigenvalue weighted by molar-refractivity contribution is 6.32. The van der Waals surface area contributed by atoms with Crippen molar-refractivity contribution in [1.82, 2.24) is 4.98 Å². The van der Waals surface area contributed by atoms with E-state index in [1.807, 2.05) is 12.1 Å². The van der Waals surface area contributed by atoms with Crippen LogP contribution in [0.5, 0.6) is 5.75 Å². The molecule has 0 atom stereocenters. The van der Waals surface area contributed by atoms with E-state index in [2.05, 4.69) is 38.7 Å². The van der Waals surface area contributed by atoms with Crippen LogP contribution in [0.3, 0.4) is 0 Å². The van der Waals surface area contributed by atoms with Gasteiger partial charge >= 0.3 is 0 Å². The van der Waals surface area contributed by atoms with E-state index in [0.29, 0.717) is 22.5 Å². The smallest absolute Gasteiger partial charge is 0.132 e. The highest BCUT2D eigenvalue weighted by Crippen LogP contribution is 2.33. The fourth-order valence-electron chi connectivity index (χ4n) is 2.06. The second-order valence-electron chi connectivity index (χ2n) is 6.10. The maximum absolute atomic E-state index is 6.12. The monoisotopic (exact) mass is 323 g/mol. The molecule has 0 amide bonds. The highest BCUT2D eigenvalue weighted by Gasteiger charge is 2.19. The Balaban J connectivity index is 2.26. The minimum atomic E-state index is 0.00685. The molecule has 4 heteroatoms. The van der Waals surface area contributed by atoms with Crippen LogP contribution in [-0.2, 0) is 12.0 Å². The molecule has 0 bridgehead atoms. The summed E-state index contributed by atoms with van der Waals surface area (Å²) < 4.78 is 5.93. The topological polar surface area (TPSA) is 22.1 Å². The summed E-state index contributed by atoms with van der Waals surface area (Å²) in [4.78, 5) is 4.21. The second kappa shape index (κ2) is 6.25. The number of nitrogens with zero attached hydrogens (tertiary/aromatic N) is 1. The Labute approximate surface area is 136 Å². The lowest BCUT2D eigenvalue weighted by Crippen LogP contribution is -2.14. The van der Waals surface area contributed by atoms with Crippen LogP contribution in [0.1, 0.15) is 37.6 Å². The van der Waals surface area contributed by atoms with Crippen LogP contribution in [0.2, 0.25) is 10.2 Å². The van der Waals surface area contributed by atoms with Crippen molar-refractivity contribution >= 4 is 23.2 Å². The lowest BCUT2D eigenvalue weighted by atomic mass is 9.85. The summed E-state index contributed by atoms with van der Waals surface area (Å²) in [5.41, 5.74) is 3.03. The van der Waals surface area contributed by atoms with Crippen molar-refractivity contribution in [3.8, 4) is 5.75 Å². The number of rotatable bonds is 3. The summed E-state index contributed by atoms with van der Waals surface area (Å²) in [6, 6.07) is 9.59. The number of hydrogen-bond donors (Lipinski definition) is 0. The molecule has 0 N–H and O–H groups in total. The number of pyridine rings is 1. The van der Waals surface area contributed by atoms with E-state index < -0.39 is 0 Å². The lowest BCUT2D eigenvalue weighted by molar-refractivity contribution is 0.293. The maximum atomic E-state index is 6.12. The predicted molar refractivity (Wildman–Crippen MR) is 88.5 cm³/mol. The number of benzene rings is 1. The first-order valence-electron chi connectivity index (χ1n) is 6.82. The van der Waals surface area contributed by atoms with Gasteiger partial charge in [0.05, 0.1) is 10.7 Å². The third kappa shape index (κ3) is 4.12. The highest BCUT2D eigenvalue weighted by atomic mass is 35.5. The van der Waals surface area contributed by atoms with E-state index in [4.69, 9.17) is 27.9 Å². The number of ether oxygens (including phenoxy) is 1. The zero-order valence-corrected chi connectivity index (χ0v) is 14.2. The van der Waals surface area contributed by atoms with Gasteiger partial charge < -0.3 is 4.74 Å². The fraction of sp³-hybridized carbons (Fsp3) is 0.353. The standard InChI is InChI=1S/C17H19Cl2NO/c1-11-5-7-15(12(9-11)17(2,3)4)21-10-14-13(18)6-8-16(19)20-14/h5-9H,10H2,1-4H3. The molecule has 0 saturated heterocycles. The summed E-state index contributed by atoms with van der Waals surface area (Å²) in [5, 5.41) is 0.974. The minimum Gasteiger partial charge on any atom is -0.487 e. The summed E-state index contributed by atoms with van der Waals surface area (Å²) in [6.45, 7) is 8.87. The van der Waals surface area contributed by atoms with Crippen molar-refractivity contribution in [3.63, 3.8) is 0 Å². The molecule has 1 aromatic carbocycles. The normalized spacial score (nSPS) is 11.5. The number of aryl methyl sites for hydroxylation is 1. The van der Waals surface area contributed by atoms with E-state index in [9.17, 15) is 0 Å². The van der Waals surface area contributed by atoms with Gasteiger partial charge in [-0.05, 0) is 36.1 Å². The van der Waals surface area contributed by atoms with Crippen molar-refractivity contribution in [3.05, 3.63) is 57.3 Å². The SMILES string of the molecule is Cc1ccc(OCc2nc(Cl)ccc2Cl)c(C(C)(C)C)c1. The van der Waals surface area contributed by atoms with E-state index in [1.54, 1.807) is 12.1 Å². The van der Waals surface area contributed by atoms with Crippen molar-refractivity contribution in [2.75, 3.05) is 0 Å². The van der Waals surface area contributed by atoms with Gasteiger partial charge in [0.2, 0.25) is 0 Å². The molecule has 0 saturated carbocycles. The Morgan fingerprint density at radius 2 is 1.81 bits per heavy atom. The summed E-state index contributed by atoms with van der Waals surface area (Å²) in [5.74, 6) is 0.853. The first-order chi connectivity index (χ1) is 9.77. The predicted octanol–water partition coefficient (Wildman–Crippen LogP) is 5.57. The molecule has 0 aliphatic heterocycles. The van der Waals surface area contributed by atoms with Gasteiger partial charge in [0.25, 0.3) is 0 Å². The van der Waals surface area contributed by atoms with Crippen LogP contribution >= 0.6 is 23.2 Å². The van der Waals surface area contributed by atoms with Crippen LogP contribution in [-0.4, -0.2) is 4.98 Å². The minimum absolute atomic E-state index is 0.00685. The Bertz CT molecular complexity index is 648. The second-order valence-corrected chi connectivity index (χ2v) is 6.90. The van der Waals surface area contributed by atoms with E-state index in [1.165, 1.54) is 11.1 Å². The number of aromatic nitrogens is 1. The summed E-state index contributed by atoms with van der Waals surface area (Å²) >= 11 is 12.0. The average Bonchev–Trinajstić information content (AvgIpc) is 2.40. The molecule has 2 rings (SSSR count). The van der Waals surface area contributed by atoms with Gasteiger partial charge in [0, 0.05) is 0 Å². The van der Waals surface area contributed by atoms with Crippen LogP contribution < -0.4 is 4.74 Å². The molecule has 112 valence electrons. The van der Waals surface area contributed by atoms with Crippen LogP contribution in [0.4, 0.5) is 0 Å². The molecule has 0 aliphatic carbocycles. The number of hydrogen-bond acceptors (Lipinski definition) is 2. The molecule has 0 radical (unpaired) electrons. The molecule has 0 fully saturated rings. The number of halogens is 2. The molecule has 21 heavy (non-hydrogen) atoms. The molecular weight excluding hydrogens is 305 g/mol. The molecule has 0 aliphatic rings. The van der Waals surface area contributed by atoms with Gasteiger partial charge in [-0.25, -0.2) is 4.98 Å². The molecule has 2 aromatic rings. The van der Waals surface area contributed by atoms with Crippen LogP contribution in [0, 0.1) is 6.92 Å². The molecule has 2 nitrogen and oxygen atoms in total. The third-order valence-corrected chi connectivity index (χ3v) is 3.75. The summed E-state index contributed by atoms with van der Waals surface area (Å²) in [6.07, 6.45) is 0. The molecule has 1 aromatic heterocycles. The van der Waals surface area contributed by atoms with Gasteiger partial charge in [-0.2, -0.15) is 0 Å². The zero-order chi connectivity index (χ0) is 15.6. The van der Waals surface area contributed by atoms with E-state index in [-0.39, 0.29) is 5.41 Å². The first-order valence-corrected chi connectivity index (χ1v) is 7.58. The van der Waals surface area contributed by atoms with E-state index >= 15 is 0 Å². The van der Waals surface area contributed by atoms with Crippen molar-refractivity contribution in [2.45, 2.75) is 39.7 Å². The zero-order valence-electron chi connectivity index (χ0n) is 12.7. The molecule has 0 unspecified atom stereocenters. The Kier molecular flexibility index (Phi) is 4.80. The first kappa shape index (κ1) is 16.1. The largest absolute Gasteiger partial charge is 0.487 e. The molecular formula is C17H19Cl2NO. The molecule has 0 spiro atoms. The Hall–Kier alpha value is -1.25. The van der Waals surface area contributed by atoms with Gasteiger partial charge in [-0.1, -0.05) is 61.7 Å². The van der Waals surface area contributed by atoms with Gasteiger partial charge in [0.1, 0.15) is 17.5 Å². The summed E-state index contributed by atoms with van der Waals surface area (Å²) in [7, 11) is 0. The maximum Gasteiger partial charge on any atom is 0.132 e. The average molecular weight is 324 g/mol.